The van der Waals surface area contributed by atoms with Gasteiger partial charge in [0.2, 0.25) is 15.3 Å². The van der Waals surface area contributed by atoms with E-state index < -0.39 is 21.1 Å². The van der Waals surface area contributed by atoms with E-state index in [9.17, 15) is 17.6 Å². The van der Waals surface area contributed by atoms with Crippen molar-refractivity contribution in [3.63, 3.8) is 0 Å². The van der Waals surface area contributed by atoms with Gasteiger partial charge in [-0.25, -0.2) is 12.8 Å². The third kappa shape index (κ3) is 4.68. The van der Waals surface area contributed by atoms with E-state index in [1.165, 1.54) is 30.5 Å². The van der Waals surface area contributed by atoms with Gasteiger partial charge in [-0.05, 0) is 74.0 Å². The third-order valence-electron chi connectivity index (χ3n) is 5.31. The molecule has 6 nitrogen and oxygen atoms in total. The molecule has 1 aromatic heterocycles. The second-order valence-electron chi connectivity index (χ2n) is 7.60. The maximum absolute atomic E-state index is 13.8. The van der Waals surface area contributed by atoms with Crippen LogP contribution in [0.4, 0.5) is 4.39 Å². The highest BCUT2D eigenvalue weighted by molar-refractivity contribution is 7.91. The number of rotatable bonds is 8. The van der Waals surface area contributed by atoms with Crippen molar-refractivity contribution < 1.29 is 22.3 Å². The summed E-state index contributed by atoms with van der Waals surface area (Å²) in [5.74, 6) is 0.591. The van der Waals surface area contributed by atoms with Crippen LogP contribution in [0.3, 0.4) is 0 Å². The zero-order valence-electron chi connectivity index (χ0n) is 18.8. The molecule has 0 amide bonds. The topological polar surface area (TPSA) is 74.6 Å². The van der Waals surface area contributed by atoms with Crippen LogP contribution in [0.1, 0.15) is 19.4 Å². The zero-order valence-corrected chi connectivity index (χ0v) is 19.6. The van der Waals surface area contributed by atoms with Gasteiger partial charge in [-0.3, -0.25) is 4.79 Å². The van der Waals surface area contributed by atoms with Crippen molar-refractivity contribution in [3.05, 3.63) is 94.5 Å². The van der Waals surface area contributed by atoms with Crippen LogP contribution in [0.2, 0.25) is 0 Å². The lowest BCUT2D eigenvalue weighted by Crippen LogP contribution is -2.20. The Morgan fingerprint density at radius 1 is 0.882 bits per heavy atom. The molecule has 4 aromatic rings. The van der Waals surface area contributed by atoms with Crippen molar-refractivity contribution in [3.8, 4) is 11.5 Å². The number of ether oxygens (including phenoxy) is 2. The van der Waals surface area contributed by atoms with E-state index >= 15 is 0 Å². The lowest BCUT2D eigenvalue weighted by molar-refractivity contribution is 0.340. The lowest BCUT2D eigenvalue weighted by Gasteiger charge is -2.15. The standard InChI is InChI=1S/C26H24FNO5S/c1-3-32-20-8-11-22(12-9-20)34(30,31)25-17-28(16-18-6-5-7-19(27)14-18)24-13-10-21(33-4-2)15-23(24)26(25)29/h5-15,17H,3-4,16H2,1-2H3. The highest BCUT2D eigenvalue weighted by Crippen LogP contribution is 2.26. The van der Waals surface area contributed by atoms with Crippen LogP contribution in [-0.2, 0) is 16.4 Å². The van der Waals surface area contributed by atoms with E-state index in [1.807, 2.05) is 13.8 Å². The van der Waals surface area contributed by atoms with Crippen molar-refractivity contribution in [1.82, 2.24) is 4.57 Å². The van der Waals surface area contributed by atoms with Gasteiger partial charge in [-0.15, -0.1) is 0 Å². The molecule has 0 spiro atoms. The van der Waals surface area contributed by atoms with Gasteiger partial charge in [0.15, 0.2) is 0 Å². The largest absolute Gasteiger partial charge is 0.494 e. The van der Waals surface area contributed by atoms with Gasteiger partial charge in [0.25, 0.3) is 0 Å². The first-order valence-electron chi connectivity index (χ1n) is 10.9. The summed E-state index contributed by atoms with van der Waals surface area (Å²) in [7, 11) is -4.14. The molecule has 0 aliphatic rings. The summed E-state index contributed by atoms with van der Waals surface area (Å²) in [6.07, 6.45) is 1.32. The van der Waals surface area contributed by atoms with Gasteiger partial charge < -0.3 is 14.0 Å². The molecule has 0 aliphatic heterocycles. The van der Waals surface area contributed by atoms with Crippen molar-refractivity contribution in [2.75, 3.05) is 13.2 Å². The van der Waals surface area contributed by atoms with Gasteiger partial charge in [-0.1, -0.05) is 12.1 Å². The quantitative estimate of drug-likeness (QED) is 0.361. The first-order valence-corrected chi connectivity index (χ1v) is 12.3. The van der Waals surface area contributed by atoms with Crippen molar-refractivity contribution in [2.24, 2.45) is 0 Å². The van der Waals surface area contributed by atoms with Crippen molar-refractivity contribution in [1.29, 1.82) is 0 Å². The Morgan fingerprint density at radius 3 is 2.24 bits per heavy atom. The molecule has 0 saturated carbocycles. The van der Waals surface area contributed by atoms with E-state index in [-0.39, 0.29) is 21.7 Å². The Kier molecular flexibility index (Phi) is 6.70. The number of halogens is 1. The van der Waals surface area contributed by atoms with Gasteiger partial charge >= 0.3 is 0 Å². The predicted octanol–water partition coefficient (Wildman–Crippen LogP) is 4.82. The molecular formula is C26H24FNO5S. The smallest absolute Gasteiger partial charge is 0.211 e. The highest BCUT2D eigenvalue weighted by Gasteiger charge is 2.24. The maximum atomic E-state index is 13.8. The molecule has 4 rings (SSSR count). The first-order chi connectivity index (χ1) is 16.3. The Bertz CT molecular complexity index is 1490. The molecule has 0 bridgehead atoms. The number of sulfone groups is 1. The molecule has 0 N–H and O–H groups in total. The number of aromatic nitrogens is 1. The average Bonchev–Trinajstić information content (AvgIpc) is 2.82. The van der Waals surface area contributed by atoms with Gasteiger partial charge in [-0.2, -0.15) is 0 Å². The first kappa shape index (κ1) is 23.5. The monoisotopic (exact) mass is 481 g/mol. The minimum absolute atomic E-state index is 0.0225. The molecule has 8 heteroatoms. The Morgan fingerprint density at radius 2 is 1.56 bits per heavy atom. The van der Waals surface area contributed by atoms with Crippen molar-refractivity contribution >= 4 is 20.7 Å². The molecule has 0 radical (unpaired) electrons. The van der Waals surface area contributed by atoms with Gasteiger partial charge in [0.1, 0.15) is 22.2 Å². The third-order valence-corrected chi connectivity index (χ3v) is 7.07. The Hall–Kier alpha value is -3.65. The number of pyridine rings is 1. The summed E-state index contributed by atoms with van der Waals surface area (Å²) < 4.78 is 53.3. The summed E-state index contributed by atoms with van der Waals surface area (Å²) in [4.78, 5) is 13.0. The Labute approximate surface area is 197 Å². The van der Waals surface area contributed by atoms with E-state index in [0.717, 1.165) is 0 Å². The Balaban J connectivity index is 1.91. The second kappa shape index (κ2) is 9.69. The summed E-state index contributed by atoms with van der Waals surface area (Å²) >= 11 is 0. The number of nitrogens with zero attached hydrogens (tertiary/aromatic N) is 1. The SMILES string of the molecule is CCOc1ccc(S(=O)(=O)c2cn(Cc3cccc(F)c3)c3ccc(OCC)cc3c2=O)cc1. The molecule has 34 heavy (non-hydrogen) atoms. The fourth-order valence-electron chi connectivity index (χ4n) is 3.77. The fraction of sp³-hybridized carbons (Fsp3) is 0.192. The number of hydrogen-bond acceptors (Lipinski definition) is 5. The second-order valence-corrected chi connectivity index (χ2v) is 9.52. The van der Waals surface area contributed by atoms with Crippen LogP contribution in [0.15, 0.2) is 87.5 Å². The fourth-order valence-corrected chi connectivity index (χ4v) is 5.14. The summed E-state index contributed by atoms with van der Waals surface area (Å²) in [5, 5.41) is 0.203. The lowest BCUT2D eigenvalue weighted by atomic mass is 10.1. The van der Waals surface area contributed by atoms with Crippen LogP contribution >= 0.6 is 0 Å². The molecular weight excluding hydrogens is 457 g/mol. The van der Waals surface area contributed by atoms with Gasteiger partial charge in [0, 0.05) is 12.7 Å². The van der Waals surface area contributed by atoms with Crippen LogP contribution in [0, 0.1) is 5.82 Å². The molecule has 0 atom stereocenters. The highest BCUT2D eigenvalue weighted by atomic mass is 32.2. The van der Waals surface area contributed by atoms with Crippen LogP contribution < -0.4 is 14.9 Å². The average molecular weight is 482 g/mol. The molecule has 0 saturated heterocycles. The van der Waals surface area contributed by atoms with E-state index in [4.69, 9.17) is 9.47 Å². The molecule has 1 heterocycles. The molecule has 0 aliphatic carbocycles. The minimum Gasteiger partial charge on any atom is -0.494 e. The summed E-state index contributed by atoms with van der Waals surface area (Å²) in [6, 6.07) is 16.9. The maximum Gasteiger partial charge on any atom is 0.211 e. The van der Waals surface area contributed by atoms with Crippen molar-refractivity contribution in [2.45, 2.75) is 30.2 Å². The van der Waals surface area contributed by atoms with Crippen LogP contribution in [0.5, 0.6) is 11.5 Å². The summed E-state index contributed by atoms with van der Waals surface area (Å²) in [5.41, 5.74) is 0.521. The van der Waals surface area contributed by atoms with Crippen LogP contribution in [-0.4, -0.2) is 26.2 Å². The number of fused-ring (bicyclic) bond motifs is 1. The van der Waals surface area contributed by atoms with E-state index in [1.54, 1.807) is 47.0 Å². The molecule has 0 unspecified atom stereocenters. The van der Waals surface area contributed by atoms with E-state index in [0.29, 0.717) is 35.8 Å². The normalized spacial score (nSPS) is 11.5. The van der Waals surface area contributed by atoms with E-state index in [2.05, 4.69) is 0 Å². The summed E-state index contributed by atoms with van der Waals surface area (Å²) in [6.45, 7) is 4.67. The zero-order chi connectivity index (χ0) is 24.3. The number of hydrogen-bond donors (Lipinski definition) is 0. The minimum atomic E-state index is -4.14. The molecule has 3 aromatic carbocycles. The van der Waals surface area contributed by atoms with Gasteiger partial charge in [0.05, 0.1) is 29.0 Å². The molecule has 176 valence electrons. The molecule has 0 fully saturated rings. The van der Waals surface area contributed by atoms with Crippen LogP contribution in [0.25, 0.3) is 10.9 Å². The predicted molar refractivity (Wildman–Crippen MR) is 128 cm³/mol. The number of benzene rings is 3.